The molecule has 0 amide bonds. The first-order valence-electron chi connectivity index (χ1n) is 10.0. The molecule has 3 aromatic carbocycles. The van der Waals surface area contributed by atoms with Crippen molar-refractivity contribution in [3.63, 3.8) is 0 Å². The van der Waals surface area contributed by atoms with Gasteiger partial charge in [0.1, 0.15) is 18.2 Å². The number of aryl methyl sites for hydroxylation is 1. The van der Waals surface area contributed by atoms with Gasteiger partial charge in [0.05, 0.1) is 11.1 Å². The summed E-state index contributed by atoms with van der Waals surface area (Å²) in [6.07, 6.45) is 1.61. The molecule has 0 aliphatic carbocycles. The molecule has 32 heavy (non-hydrogen) atoms. The first kappa shape index (κ1) is 21.4. The Balaban J connectivity index is 1.48. The van der Waals surface area contributed by atoms with Crippen molar-refractivity contribution < 1.29 is 14.3 Å². The van der Waals surface area contributed by atoms with Crippen molar-refractivity contribution >= 4 is 46.7 Å². The predicted octanol–water partition coefficient (Wildman–Crippen LogP) is 6.92. The van der Waals surface area contributed by atoms with Crippen molar-refractivity contribution in [3.05, 3.63) is 97.2 Å². The number of rotatable bonds is 3. The number of halogens is 3. The number of allylic oxidation sites excluding steroid dienone is 1. The van der Waals surface area contributed by atoms with Crippen LogP contribution in [0, 0.1) is 6.92 Å². The van der Waals surface area contributed by atoms with Gasteiger partial charge < -0.3 is 9.47 Å². The minimum absolute atomic E-state index is 0.189. The highest BCUT2D eigenvalue weighted by Crippen LogP contribution is 2.44. The predicted molar refractivity (Wildman–Crippen MR) is 127 cm³/mol. The zero-order valence-corrected chi connectivity index (χ0v) is 19.4. The first-order chi connectivity index (χ1) is 15.4. The number of benzene rings is 3. The fraction of sp³-hybridized carbons (Fsp3) is 0.160. The summed E-state index contributed by atoms with van der Waals surface area (Å²) in [6.45, 7) is 3.61. The average molecular weight is 487 g/mol. The summed E-state index contributed by atoms with van der Waals surface area (Å²) in [5.74, 6) is 1.28. The summed E-state index contributed by atoms with van der Waals surface area (Å²) in [7, 11) is 0. The lowest BCUT2D eigenvalue weighted by Crippen LogP contribution is -2.31. The van der Waals surface area contributed by atoms with Crippen LogP contribution in [0.1, 0.15) is 32.6 Å². The number of nitrogens with zero attached hydrogens (tertiary/aromatic N) is 1. The molecule has 0 spiro atoms. The summed E-state index contributed by atoms with van der Waals surface area (Å²) in [6, 6.07) is 14.8. The van der Waals surface area contributed by atoms with Gasteiger partial charge >= 0.3 is 0 Å². The zero-order valence-electron chi connectivity index (χ0n) is 17.1. The summed E-state index contributed by atoms with van der Waals surface area (Å²) in [5.41, 5.74) is 3.89. The van der Waals surface area contributed by atoms with Crippen LogP contribution >= 0.6 is 34.8 Å². The number of hydrogen-bond acceptors (Lipinski definition) is 4. The molecule has 0 N–H and O–H groups in total. The summed E-state index contributed by atoms with van der Waals surface area (Å²) in [4.78, 5) is 15.3. The average Bonchev–Trinajstić information content (AvgIpc) is 3.10. The number of hydrogen-bond donors (Lipinski definition) is 0. The maximum Gasteiger partial charge on any atom is 0.232 e. The highest BCUT2D eigenvalue weighted by molar-refractivity contribution is 6.37. The molecule has 0 aromatic heterocycles. The topological polar surface area (TPSA) is 38.8 Å². The highest BCUT2D eigenvalue weighted by atomic mass is 35.5. The Hall–Kier alpha value is -2.50. The Kier molecular flexibility index (Phi) is 5.64. The van der Waals surface area contributed by atoms with Crippen LogP contribution in [0.5, 0.6) is 11.5 Å². The summed E-state index contributed by atoms with van der Waals surface area (Å²) in [5, 5.41) is 1.61. The fourth-order valence-corrected chi connectivity index (χ4v) is 4.64. The van der Waals surface area contributed by atoms with Gasteiger partial charge in [-0.1, -0.05) is 53.0 Å². The summed E-state index contributed by atoms with van der Waals surface area (Å²) < 4.78 is 12.1. The highest BCUT2D eigenvalue weighted by Gasteiger charge is 2.35. The molecule has 0 atom stereocenters. The Morgan fingerprint density at radius 3 is 2.50 bits per heavy atom. The van der Waals surface area contributed by atoms with Crippen LogP contribution in [0.4, 0.5) is 0 Å². The van der Waals surface area contributed by atoms with Gasteiger partial charge in [-0.2, -0.15) is 0 Å². The number of ether oxygens (including phenoxy) is 2. The first-order valence-corrected chi connectivity index (χ1v) is 11.2. The maximum absolute atomic E-state index is 13.2. The van der Waals surface area contributed by atoms with E-state index < -0.39 is 0 Å². The normalized spacial score (nSPS) is 16.5. The smallest absolute Gasteiger partial charge is 0.232 e. The molecule has 0 unspecified atom stereocenters. The van der Waals surface area contributed by atoms with Gasteiger partial charge in [-0.15, -0.1) is 0 Å². The van der Waals surface area contributed by atoms with E-state index in [9.17, 15) is 4.79 Å². The Morgan fingerprint density at radius 1 is 1.06 bits per heavy atom. The number of carbonyl (C=O) groups is 1. The fourth-order valence-electron chi connectivity index (χ4n) is 4.00. The van der Waals surface area contributed by atoms with Crippen LogP contribution in [0.25, 0.3) is 6.08 Å². The molecule has 0 saturated carbocycles. The van der Waals surface area contributed by atoms with E-state index in [4.69, 9.17) is 44.3 Å². The Morgan fingerprint density at radius 2 is 1.78 bits per heavy atom. The molecule has 0 bridgehead atoms. The molecule has 4 nitrogen and oxygen atoms in total. The molecule has 5 rings (SSSR count). The number of ketones is 1. The molecule has 162 valence electrons. The van der Waals surface area contributed by atoms with Gasteiger partial charge in [-0.25, -0.2) is 0 Å². The van der Waals surface area contributed by atoms with Crippen LogP contribution < -0.4 is 9.47 Å². The van der Waals surface area contributed by atoms with E-state index >= 15 is 0 Å². The largest absolute Gasteiger partial charge is 0.478 e. The monoisotopic (exact) mass is 485 g/mol. The van der Waals surface area contributed by atoms with Gasteiger partial charge in [0.25, 0.3) is 0 Å². The molecule has 2 aliphatic rings. The Labute approximate surface area is 200 Å². The quantitative estimate of drug-likeness (QED) is 0.377. The number of fused-ring (bicyclic) bond motifs is 3. The lowest BCUT2D eigenvalue weighted by Gasteiger charge is -2.30. The third kappa shape index (κ3) is 3.89. The second kappa shape index (κ2) is 8.45. The molecule has 3 aromatic rings. The van der Waals surface area contributed by atoms with Crippen molar-refractivity contribution in [2.75, 3.05) is 6.73 Å². The molecule has 0 saturated heterocycles. The molecule has 2 heterocycles. The van der Waals surface area contributed by atoms with Crippen molar-refractivity contribution in [2.24, 2.45) is 0 Å². The molecular formula is C25H18Cl3NO3. The molecule has 0 fully saturated rings. The van der Waals surface area contributed by atoms with Gasteiger partial charge in [0.2, 0.25) is 5.78 Å². The molecular weight excluding hydrogens is 469 g/mol. The maximum atomic E-state index is 13.2. The number of Topliss-reactive ketones (excluding diaryl/α,β-unsaturated/α-hetero) is 1. The van der Waals surface area contributed by atoms with Crippen LogP contribution in [0.2, 0.25) is 15.1 Å². The number of carbonyl (C=O) groups excluding carboxylic acids is 1. The molecule has 2 aliphatic heterocycles. The summed E-state index contributed by atoms with van der Waals surface area (Å²) >= 11 is 18.6. The van der Waals surface area contributed by atoms with Crippen molar-refractivity contribution in [1.29, 1.82) is 0 Å². The van der Waals surface area contributed by atoms with E-state index in [1.807, 2.05) is 37.3 Å². The molecule has 7 heteroatoms. The van der Waals surface area contributed by atoms with E-state index in [2.05, 4.69) is 4.90 Å². The van der Waals surface area contributed by atoms with E-state index in [1.165, 1.54) is 0 Å². The van der Waals surface area contributed by atoms with Crippen LogP contribution in [0.15, 0.2) is 54.3 Å². The van der Waals surface area contributed by atoms with Gasteiger partial charge in [-0.05, 0) is 54.5 Å². The van der Waals surface area contributed by atoms with Crippen LogP contribution in [-0.4, -0.2) is 17.4 Å². The van der Waals surface area contributed by atoms with E-state index in [0.29, 0.717) is 51.8 Å². The lowest BCUT2D eigenvalue weighted by atomic mass is 9.98. The minimum Gasteiger partial charge on any atom is -0.478 e. The van der Waals surface area contributed by atoms with E-state index in [0.717, 1.165) is 22.4 Å². The SMILES string of the molecule is Cc1cc2c(c3c1C(=O)/C(=C/c1c(Cl)cccc1Cl)O3)CN(Cc1ccc(Cl)cc1)CO2. The van der Waals surface area contributed by atoms with Gasteiger partial charge in [0, 0.05) is 33.7 Å². The van der Waals surface area contributed by atoms with Crippen molar-refractivity contribution in [3.8, 4) is 11.5 Å². The van der Waals surface area contributed by atoms with Crippen LogP contribution in [-0.2, 0) is 13.1 Å². The van der Waals surface area contributed by atoms with Crippen LogP contribution in [0.3, 0.4) is 0 Å². The van der Waals surface area contributed by atoms with E-state index in [1.54, 1.807) is 24.3 Å². The molecule has 0 radical (unpaired) electrons. The van der Waals surface area contributed by atoms with Crippen molar-refractivity contribution in [2.45, 2.75) is 20.0 Å². The van der Waals surface area contributed by atoms with Gasteiger partial charge in [0.15, 0.2) is 5.76 Å². The minimum atomic E-state index is -0.189. The third-order valence-electron chi connectivity index (χ3n) is 5.58. The lowest BCUT2D eigenvalue weighted by molar-refractivity contribution is 0.0872. The standard InChI is InChI=1S/C25H18Cl3NO3/c1-14-9-21-18(12-29(13-31-21)11-15-5-7-16(26)8-6-15)25-23(14)24(30)22(32-25)10-17-19(27)3-2-4-20(17)28/h2-10H,11-13H2,1H3/b22-10-. The van der Waals surface area contributed by atoms with Gasteiger partial charge in [-0.3, -0.25) is 9.69 Å². The second-order valence-corrected chi connectivity index (χ2v) is 9.09. The Bertz CT molecular complexity index is 1250. The van der Waals surface area contributed by atoms with E-state index in [-0.39, 0.29) is 11.5 Å². The third-order valence-corrected chi connectivity index (χ3v) is 6.49. The second-order valence-electron chi connectivity index (χ2n) is 7.84. The zero-order chi connectivity index (χ0) is 22.4. The van der Waals surface area contributed by atoms with Crippen molar-refractivity contribution in [1.82, 2.24) is 4.90 Å².